The molecule has 1 heterocycles. The first kappa shape index (κ1) is 21.2. The van der Waals surface area contributed by atoms with Crippen molar-refractivity contribution in [3.05, 3.63) is 35.6 Å². The predicted octanol–water partition coefficient (Wildman–Crippen LogP) is 3.42. The molecule has 24 heavy (non-hydrogen) atoms. The molecule has 1 aliphatic rings. The van der Waals surface area contributed by atoms with E-state index in [2.05, 4.69) is 29.1 Å². The highest BCUT2D eigenvalue weighted by Crippen LogP contribution is 2.21. The van der Waals surface area contributed by atoms with Crippen molar-refractivity contribution in [1.29, 1.82) is 0 Å². The van der Waals surface area contributed by atoms with Gasteiger partial charge in [-0.05, 0) is 31.2 Å². The fourth-order valence-electron chi connectivity index (χ4n) is 3.28. The van der Waals surface area contributed by atoms with Crippen LogP contribution in [0.15, 0.2) is 29.3 Å². The van der Waals surface area contributed by atoms with Crippen molar-refractivity contribution in [3.8, 4) is 0 Å². The molecule has 1 aromatic carbocycles. The van der Waals surface area contributed by atoms with Crippen LogP contribution in [0.1, 0.15) is 38.9 Å². The van der Waals surface area contributed by atoms with Gasteiger partial charge in [0, 0.05) is 25.2 Å². The van der Waals surface area contributed by atoms with E-state index in [1.54, 1.807) is 18.2 Å². The molecule has 4 nitrogen and oxygen atoms in total. The quantitative estimate of drug-likeness (QED) is 0.421. The van der Waals surface area contributed by atoms with E-state index in [-0.39, 0.29) is 36.3 Å². The van der Waals surface area contributed by atoms with Gasteiger partial charge in [0.05, 0.1) is 6.54 Å². The van der Waals surface area contributed by atoms with E-state index in [1.165, 1.54) is 12.5 Å². The average molecular weight is 449 g/mol. The van der Waals surface area contributed by atoms with Crippen molar-refractivity contribution in [2.24, 2.45) is 16.8 Å². The molecule has 0 saturated carbocycles. The number of benzene rings is 1. The van der Waals surface area contributed by atoms with Gasteiger partial charge in [0.2, 0.25) is 0 Å². The predicted molar refractivity (Wildman–Crippen MR) is 107 cm³/mol. The van der Waals surface area contributed by atoms with Crippen molar-refractivity contribution in [1.82, 2.24) is 10.2 Å². The van der Waals surface area contributed by atoms with Crippen LogP contribution in [0, 0.1) is 17.7 Å². The lowest BCUT2D eigenvalue weighted by atomic mass is 9.92. The second kappa shape index (κ2) is 10.2. The first-order valence-electron chi connectivity index (χ1n) is 8.47. The Morgan fingerprint density at radius 2 is 1.96 bits per heavy atom. The van der Waals surface area contributed by atoms with Gasteiger partial charge in [-0.25, -0.2) is 4.39 Å². The number of halogens is 2. The van der Waals surface area contributed by atoms with Gasteiger partial charge in [0.25, 0.3) is 0 Å². The Morgan fingerprint density at radius 1 is 1.33 bits per heavy atom. The van der Waals surface area contributed by atoms with Gasteiger partial charge in [0.1, 0.15) is 11.9 Å². The number of likely N-dealkylation sites (tertiary alicyclic amines) is 1. The highest BCUT2D eigenvalue weighted by atomic mass is 127. The summed E-state index contributed by atoms with van der Waals surface area (Å²) in [7, 11) is 0. The number of nitrogens with zero attached hydrogens (tertiary/aromatic N) is 2. The van der Waals surface area contributed by atoms with Crippen LogP contribution in [-0.2, 0) is 0 Å². The van der Waals surface area contributed by atoms with Crippen LogP contribution in [0.3, 0.4) is 0 Å². The number of hydrogen-bond donors (Lipinski definition) is 2. The highest BCUT2D eigenvalue weighted by Gasteiger charge is 2.24. The standard InChI is InChI=1S/C18H28FN3O.HI/c1-4-20-18(22-11-13(2)9-14(3)12-22)21-10-17(23)15-7-5-6-8-16(15)19;/h5-8,13-14,17,23H,4,9-12H2,1-3H3,(H,20,21);1H. The zero-order valence-electron chi connectivity index (χ0n) is 14.7. The van der Waals surface area contributed by atoms with Crippen LogP contribution in [-0.4, -0.2) is 42.1 Å². The van der Waals surface area contributed by atoms with Crippen LogP contribution < -0.4 is 5.32 Å². The van der Waals surface area contributed by atoms with Crippen molar-refractivity contribution >= 4 is 29.9 Å². The molecule has 0 amide bonds. The Bertz CT molecular complexity index is 531. The molecule has 3 unspecified atom stereocenters. The Balaban J connectivity index is 0.00000288. The third-order valence-electron chi connectivity index (χ3n) is 4.18. The number of guanidine groups is 1. The number of aliphatic hydroxyl groups is 1. The first-order valence-corrected chi connectivity index (χ1v) is 8.47. The molecule has 1 aromatic rings. The molecule has 3 atom stereocenters. The van der Waals surface area contributed by atoms with E-state index in [1.807, 2.05) is 6.92 Å². The molecule has 1 fully saturated rings. The highest BCUT2D eigenvalue weighted by molar-refractivity contribution is 14.0. The molecule has 0 aliphatic carbocycles. The summed E-state index contributed by atoms with van der Waals surface area (Å²) >= 11 is 0. The molecule has 0 bridgehead atoms. The van der Waals surface area contributed by atoms with Crippen molar-refractivity contribution in [3.63, 3.8) is 0 Å². The second-order valence-corrected chi connectivity index (χ2v) is 6.58. The maximum atomic E-state index is 13.7. The lowest BCUT2D eigenvalue weighted by Crippen LogP contribution is -2.48. The number of hydrogen-bond acceptors (Lipinski definition) is 2. The Hall–Kier alpha value is -0.890. The third-order valence-corrected chi connectivity index (χ3v) is 4.18. The van der Waals surface area contributed by atoms with E-state index in [9.17, 15) is 9.50 Å². The lowest BCUT2D eigenvalue weighted by Gasteiger charge is -2.37. The summed E-state index contributed by atoms with van der Waals surface area (Å²) in [6.07, 6.45) is 0.304. The zero-order chi connectivity index (χ0) is 16.8. The number of nitrogens with one attached hydrogen (secondary N) is 1. The van der Waals surface area contributed by atoms with Crippen LogP contribution >= 0.6 is 24.0 Å². The molecule has 1 saturated heterocycles. The summed E-state index contributed by atoms with van der Waals surface area (Å²) in [5.41, 5.74) is 0.299. The number of aliphatic hydroxyl groups excluding tert-OH is 1. The normalized spacial score (nSPS) is 22.7. The molecular formula is C18H29FIN3O. The van der Waals surface area contributed by atoms with Gasteiger partial charge in [0.15, 0.2) is 5.96 Å². The SMILES string of the molecule is CCNC(=NCC(O)c1ccccc1F)N1CC(C)CC(C)C1.I. The minimum absolute atomic E-state index is 0. The van der Waals surface area contributed by atoms with Gasteiger partial charge in [-0.15, -0.1) is 24.0 Å². The second-order valence-electron chi connectivity index (χ2n) is 6.58. The van der Waals surface area contributed by atoms with Gasteiger partial charge < -0.3 is 15.3 Å². The Labute approximate surface area is 161 Å². The summed E-state index contributed by atoms with van der Waals surface area (Å²) in [6.45, 7) is 9.38. The summed E-state index contributed by atoms with van der Waals surface area (Å²) in [5.74, 6) is 1.67. The monoisotopic (exact) mass is 449 g/mol. The van der Waals surface area contributed by atoms with Crippen LogP contribution in [0.2, 0.25) is 0 Å². The van der Waals surface area contributed by atoms with Crippen molar-refractivity contribution in [2.45, 2.75) is 33.3 Å². The summed E-state index contributed by atoms with van der Waals surface area (Å²) in [5, 5.41) is 13.5. The van der Waals surface area contributed by atoms with E-state index < -0.39 is 6.10 Å². The maximum absolute atomic E-state index is 13.7. The van der Waals surface area contributed by atoms with Crippen LogP contribution in [0.25, 0.3) is 0 Å². The maximum Gasteiger partial charge on any atom is 0.194 e. The van der Waals surface area contributed by atoms with Crippen molar-refractivity contribution < 1.29 is 9.50 Å². The van der Waals surface area contributed by atoms with E-state index in [0.717, 1.165) is 25.6 Å². The molecule has 136 valence electrons. The Kier molecular flexibility index (Phi) is 8.97. The van der Waals surface area contributed by atoms with Gasteiger partial charge in [-0.2, -0.15) is 0 Å². The van der Waals surface area contributed by atoms with Gasteiger partial charge >= 0.3 is 0 Å². The smallest absolute Gasteiger partial charge is 0.194 e. The first-order chi connectivity index (χ1) is 11.0. The summed E-state index contributed by atoms with van der Waals surface area (Å²) < 4.78 is 13.7. The van der Waals surface area contributed by atoms with Gasteiger partial charge in [-0.1, -0.05) is 32.0 Å². The summed E-state index contributed by atoms with van der Waals surface area (Å²) in [4.78, 5) is 6.78. The molecule has 0 spiro atoms. The number of aliphatic imine (C=N–C) groups is 1. The molecule has 2 rings (SSSR count). The molecule has 1 aliphatic heterocycles. The molecule has 0 aromatic heterocycles. The van der Waals surface area contributed by atoms with Crippen LogP contribution in [0.5, 0.6) is 0 Å². The van der Waals surface area contributed by atoms with Crippen LogP contribution in [0.4, 0.5) is 4.39 Å². The van der Waals surface area contributed by atoms with E-state index in [4.69, 9.17) is 0 Å². The van der Waals surface area contributed by atoms with E-state index in [0.29, 0.717) is 17.4 Å². The van der Waals surface area contributed by atoms with Gasteiger partial charge in [-0.3, -0.25) is 4.99 Å². The fourth-order valence-corrected chi connectivity index (χ4v) is 3.28. The van der Waals surface area contributed by atoms with E-state index >= 15 is 0 Å². The third kappa shape index (κ3) is 5.88. The largest absolute Gasteiger partial charge is 0.386 e. The molecule has 2 N–H and O–H groups in total. The lowest BCUT2D eigenvalue weighted by molar-refractivity contribution is 0.179. The minimum Gasteiger partial charge on any atom is -0.386 e. The number of piperidine rings is 1. The molecular weight excluding hydrogens is 420 g/mol. The molecule has 0 radical (unpaired) electrons. The topological polar surface area (TPSA) is 47.9 Å². The number of rotatable bonds is 4. The fraction of sp³-hybridized carbons (Fsp3) is 0.611. The zero-order valence-corrected chi connectivity index (χ0v) is 17.0. The average Bonchev–Trinajstić information content (AvgIpc) is 2.50. The summed E-state index contributed by atoms with van der Waals surface area (Å²) in [6, 6.07) is 6.31. The van der Waals surface area contributed by atoms with Crippen molar-refractivity contribution in [2.75, 3.05) is 26.2 Å². The minimum atomic E-state index is -0.926. The molecule has 6 heteroatoms. The Morgan fingerprint density at radius 3 is 2.54 bits per heavy atom.